The Kier molecular flexibility index (Phi) is 13.0. The lowest BCUT2D eigenvalue weighted by atomic mass is 9.86. The van der Waals surface area contributed by atoms with Gasteiger partial charge in [0.25, 0.3) is 0 Å². The third-order valence-electron chi connectivity index (χ3n) is 6.32. The number of halogens is 4. The number of ether oxygens (including phenoxy) is 2. The predicted octanol–water partition coefficient (Wildman–Crippen LogP) is 8.80. The number of hydrogen-bond donors (Lipinski definition) is 2. The van der Waals surface area contributed by atoms with Crippen molar-refractivity contribution in [2.45, 2.75) is 51.1 Å². The lowest BCUT2D eigenvalue weighted by Gasteiger charge is -2.28. The average Bonchev–Trinajstić information content (AvgIpc) is 2.97. The van der Waals surface area contributed by atoms with E-state index in [2.05, 4.69) is 63.7 Å². The van der Waals surface area contributed by atoms with Crippen molar-refractivity contribution in [2.24, 2.45) is 0 Å². The van der Waals surface area contributed by atoms with Crippen LogP contribution < -0.4 is 0 Å². The minimum atomic E-state index is -1.84. The Bertz CT molecular complexity index is 1330. The van der Waals surface area contributed by atoms with Crippen LogP contribution in [0, 0.1) is 0 Å². The van der Waals surface area contributed by atoms with Crippen molar-refractivity contribution in [3.63, 3.8) is 0 Å². The highest BCUT2D eigenvalue weighted by Crippen LogP contribution is 2.34. The number of esters is 2. The maximum absolute atomic E-state index is 12.6. The molecule has 4 aromatic carbocycles. The van der Waals surface area contributed by atoms with Gasteiger partial charge in [-0.3, -0.25) is 0 Å². The Morgan fingerprint density at radius 2 is 0.659 bits per heavy atom. The molecule has 0 unspecified atom stereocenters. The smallest absolute Gasteiger partial charge is 0.347 e. The van der Waals surface area contributed by atoms with E-state index in [0.29, 0.717) is 22.3 Å². The van der Waals surface area contributed by atoms with Gasteiger partial charge in [-0.2, -0.15) is 0 Å². The molecule has 4 aromatic rings. The molecule has 0 saturated heterocycles. The van der Waals surface area contributed by atoms with Crippen LogP contribution in [-0.2, 0) is 30.3 Å². The number of carbonyl (C=O) groups excluding carboxylic acids is 2. The van der Waals surface area contributed by atoms with Crippen molar-refractivity contribution in [1.29, 1.82) is 0 Å². The van der Waals surface area contributed by atoms with Crippen molar-refractivity contribution in [3.8, 4) is 0 Å². The van der Waals surface area contributed by atoms with Crippen LogP contribution in [0.4, 0.5) is 0 Å². The summed E-state index contributed by atoms with van der Waals surface area (Å²) in [6.07, 6.45) is -0.630. The van der Waals surface area contributed by atoms with Crippen molar-refractivity contribution < 1.29 is 29.3 Å². The molecule has 4 rings (SSSR count). The quantitative estimate of drug-likeness (QED) is 0.172. The molecule has 0 radical (unpaired) electrons. The molecular formula is C34H32Br4O6. The third kappa shape index (κ3) is 8.89. The van der Waals surface area contributed by atoms with Gasteiger partial charge >= 0.3 is 11.9 Å². The first-order chi connectivity index (χ1) is 20.7. The Hall–Kier alpha value is -2.34. The van der Waals surface area contributed by atoms with E-state index in [-0.39, 0.29) is 12.2 Å². The highest BCUT2D eigenvalue weighted by molar-refractivity contribution is 9.11. The zero-order valence-corrected chi connectivity index (χ0v) is 30.8. The Labute approximate surface area is 291 Å². The van der Waals surface area contributed by atoms with Crippen LogP contribution in [-0.4, -0.2) is 34.4 Å². The normalized spacial score (nSPS) is 11.5. The monoisotopic (exact) mass is 852 g/mol. The topological polar surface area (TPSA) is 93.1 Å². The van der Waals surface area contributed by atoms with E-state index in [1.807, 2.05) is 0 Å². The van der Waals surface area contributed by atoms with E-state index < -0.39 is 23.1 Å². The highest BCUT2D eigenvalue weighted by atomic mass is 79.9. The van der Waals surface area contributed by atoms with Crippen molar-refractivity contribution in [3.05, 3.63) is 137 Å². The molecule has 2 N–H and O–H groups in total. The molecule has 0 aromatic heterocycles. The molecule has 0 atom stereocenters. The first kappa shape index (κ1) is 36.1. The van der Waals surface area contributed by atoms with Gasteiger partial charge in [0.1, 0.15) is 0 Å². The largest absolute Gasteiger partial charge is 0.460 e. The average molecular weight is 856 g/mol. The summed E-state index contributed by atoms with van der Waals surface area (Å²) >= 11 is 13.4. The molecule has 0 aliphatic heterocycles. The zero-order valence-electron chi connectivity index (χ0n) is 24.4. The summed E-state index contributed by atoms with van der Waals surface area (Å²) in [4.78, 5) is 25.1. The molecule has 0 heterocycles. The molecule has 0 aliphatic rings. The summed E-state index contributed by atoms with van der Waals surface area (Å²) in [7, 11) is 0. The van der Waals surface area contributed by atoms with Crippen LogP contribution >= 0.6 is 63.7 Å². The minimum Gasteiger partial charge on any atom is -0.460 e. The maximum atomic E-state index is 12.6. The SMILES string of the molecule is CC(C)OC(=O)C(O)(c1ccc(Br)cc1)c1ccc(Br)cc1.CC(C)OC(=O)C(O)(c1ccc(Br)cc1)c1ccc(Br)cc1. The molecule has 0 fully saturated rings. The summed E-state index contributed by atoms with van der Waals surface area (Å²) in [6, 6.07) is 27.9. The second kappa shape index (κ2) is 15.8. The van der Waals surface area contributed by atoms with Crippen LogP contribution in [0.1, 0.15) is 49.9 Å². The van der Waals surface area contributed by atoms with E-state index in [9.17, 15) is 19.8 Å². The van der Waals surface area contributed by atoms with Crippen LogP contribution in [0.3, 0.4) is 0 Å². The summed E-state index contributed by atoms with van der Waals surface area (Å²) in [6.45, 7) is 7.01. The standard InChI is InChI=1S/2C17H16Br2O3/c2*1-11(2)22-16(20)17(21,12-3-7-14(18)8-4-12)13-5-9-15(19)10-6-13/h2*3-11,21H,1-2H3. The number of rotatable bonds is 8. The molecule has 232 valence electrons. The summed E-state index contributed by atoms with van der Waals surface area (Å²) < 4.78 is 14.0. The second-order valence-corrected chi connectivity index (χ2v) is 14.0. The summed E-state index contributed by atoms with van der Waals surface area (Å²) in [5.74, 6) is -1.38. The van der Waals surface area contributed by atoms with Gasteiger partial charge < -0.3 is 19.7 Å². The first-order valence-electron chi connectivity index (χ1n) is 13.6. The van der Waals surface area contributed by atoms with E-state index in [0.717, 1.165) is 17.9 Å². The fourth-order valence-electron chi connectivity index (χ4n) is 4.17. The fourth-order valence-corrected chi connectivity index (χ4v) is 5.23. The summed E-state index contributed by atoms with van der Waals surface area (Å²) in [5.41, 5.74) is -1.84. The number of carbonyl (C=O) groups is 2. The molecule has 0 spiro atoms. The van der Waals surface area contributed by atoms with Crippen LogP contribution in [0.15, 0.2) is 115 Å². The number of aliphatic hydroxyl groups is 2. The molecule has 10 heteroatoms. The van der Waals surface area contributed by atoms with Crippen molar-refractivity contribution in [2.75, 3.05) is 0 Å². The van der Waals surface area contributed by atoms with Crippen LogP contribution in [0.5, 0.6) is 0 Å². The Morgan fingerprint density at radius 1 is 0.477 bits per heavy atom. The van der Waals surface area contributed by atoms with E-state index in [4.69, 9.17) is 9.47 Å². The van der Waals surface area contributed by atoms with Crippen molar-refractivity contribution >= 4 is 75.7 Å². The Morgan fingerprint density at radius 3 is 0.818 bits per heavy atom. The Balaban J connectivity index is 0.000000240. The van der Waals surface area contributed by atoms with Crippen LogP contribution in [0.2, 0.25) is 0 Å². The zero-order chi connectivity index (χ0) is 32.7. The van der Waals surface area contributed by atoms with Gasteiger partial charge in [-0.1, -0.05) is 112 Å². The second-order valence-electron chi connectivity index (χ2n) is 10.4. The number of benzene rings is 4. The maximum Gasteiger partial charge on any atom is 0.347 e. The van der Waals surface area contributed by atoms with Crippen molar-refractivity contribution in [1.82, 2.24) is 0 Å². The lowest BCUT2D eigenvalue weighted by molar-refractivity contribution is -0.166. The molecule has 0 saturated carbocycles. The van der Waals surface area contributed by atoms with Gasteiger partial charge in [0.05, 0.1) is 12.2 Å². The van der Waals surface area contributed by atoms with Gasteiger partial charge in [0, 0.05) is 17.9 Å². The first-order valence-corrected chi connectivity index (χ1v) is 16.8. The van der Waals surface area contributed by atoms with Crippen LogP contribution in [0.25, 0.3) is 0 Å². The molecule has 0 aliphatic carbocycles. The molecule has 0 amide bonds. The van der Waals surface area contributed by atoms with Gasteiger partial charge in [-0.25, -0.2) is 9.59 Å². The van der Waals surface area contributed by atoms with Gasteiger partial charge in [-0.15, -0.1) is 0 Å². The molecule has 6 nitrogen and oxygen atoms in total. The van der Waals surface area contributed by atoms with E-state index in [1.165, 1.54) is 0 Å². The molecule has 44 heavy (non-hydrogen) atoms. The van der Waals surface area contributed by atoms with Gasteiger partial charge in [0.2, 0.25) is 11.2 Å². The minimum absolute atomic E-state index is 0.315. The highest BCUT2D eigenvalue weighted by Gasteiger charge is 2.43. The van der Waals surface area contributed by atoms with E-state index >= 15 is 0 Å². The summed E-state index contributed by atoms with van der Waals surface area (Å²) in [5, 5.41) is 22.3. The molecule has 0 bridgehead atoms. The predicted molar refractivity (Wildman–Crippen MR) is 185 cm³/mol. The van der Waals surface area contributed by atoms with E-state index in [1.54, 1.807) is 125 Å². The number of hydrogen-bond acceptors (Lipinski definition) is 6. The fraction of sp³-hybridized carbons (Fsp3) is 0.235. The van der Waals surface area contributed by atoms with Gasteiger partial charge in [-0.05, 0) is 98.5 Å². The lowest BCUT2D eigenvalue weighted by Crippen LogP contribution is -2.39. The molecular weight excluding hydrogens is 824 g/mol. The van der Waals surface area contributed by atoms with Gasteiger partial charge in [0.15, 0.2) is 0 Å². The third-order valence-corrected chi connectivity index (χ3v) is 8.44.